The van der Waals surface area contributed by atoms with Crippen LogP contribution in [-0.4, -0.2) is 20.9 Å². The van der Waals surface area contributed by atoms with Crippen LogP contribution in [0.25, 0.3) is 16.7 Å². The first kappa shape index (κ1) is 17.7. The van der Waals surface area contributed by atoms with Crippen molar-refractivity contribution in [2.24, 2.45) is 0 Å². The van der Waals surface area contributed by atoms with E-state index in [1.807, 2.05) is 36.5 Å². The number of hydrogen-bond donors (Lipinski definition) is 2. The van der Waals surface area contributed by atoms with Gasteiger partial charge in [-0.1, -0.05) is 18.2 Å². The Bertz CT molecular complexity index is 1080. The third-order valence-electron chi connectivity index (χ3n) is 4.81. The Morgan fingerprint density at radius 2 is 2.11 bits per heavy atom. The first-order chi connectivity index (χ1) is 13.7. The van der Waals surface area contributed by atoms with Crippen LogP contribution in [0.3, 0.4) is 0 Å². The van der Waals surface area contributed by atoms with Crippen LogP contribution in [0.2, 0.25) is 0 Å². The minimum atomic E-state index is -0.367. The number of aromatic nitrogens is 3. The van der Waals surface area contributed by atoms with Gasteiger partial charge >= 0.3 is 0 Å². The Kier molecular flexibility index (Phi) is 4.98. The number of imidazole rings is 1. The lowest BCUT2D eigenvalue weighted by Gasteiger charge is -2.18. The van der Waals surface area contributed by atoms with Gasteiger partial charge in [-0.05, 0) is 55.0 Å². The molecule has 0 fully saturated rings. The molecule has 1 aliphatic carbocycles. The van der Waals surface area contributed by atoms with E-state index in [9.17, 15) is 4.79 Å². The quantitative estimate of drug-likeness (QED) is 0.705. The van der Waals surface area contributed by atoms with E-state index in [-0.39, 0.29) is 17.4 Å². The van der Waals surface area contributed by atoms with Crippen molar-refractivity contribution in [2.45, 2.75) is 25.7 Å². The molecular formula is C22H19N5O. The van der Waals surface area contributed by atoms with Gasteiger partial charge in [-0.15, -0.1) is 0 Å². The number of rotatable bonds is 4. The van der Waals surface area contributed by atoms with Gasteiger partial charge in [0.1, 0.15) is 11.8 Å². The fourth-order valence-electron chi connectivity index (χ4n) is 3.39. The molecule has 0 bridgehead atoms. The third kappa shape index (κ3) is 3.69. The molecule has 6 heteroatoms. The van der Waals surface area contributed by atoms with Crippen molar-refractivity contribution in [2.75, 3.05) is 5.32 Å². The Morgan fingerprint density at radius 1 is 1.18 bits per heavy atom. The lowest BCUT2D eigenvalue weighted by Crippen LogP contribution is -2.15. The second-order valence-corrected chi connectivity index (χ2v) is 6.69. The zero-order valence-electron chi connectivity index (χ0n) is 15.3. The summed E-state index contributed by atoms with van der Waals surface area (Å²) in [7, 11) is 0. The summed E-state index contributed by atoms with van der Waals surface area (Å²) in [4.78, 5) is 23.5. The van der Waals surface area contributed by atoms with E-state index in [0.717, 1.165) is 41.6 Å². The van der Waals surface area contributed by atoms with E-state index in [0.29, 0.717) is 0 Å². The molecule has 0 unspecified atom stereocenters. The summed E-state index contributed by atoms with van der Waals surface area (Å²) in [5, 5.41) is 11.9. The number of nitriles is 1. The van der Waals surface area contributed by atoms with E-state index in [1.54, 1.807) is 6.20 Å². The summed E-state index contributed by atoms with van der Waals surface area (Å²) in [5.74, 6) is -0.246. The summed E-state index contributed by atoms with van der Waals surface area (Å²) in [6, 6.07) is 11.9. The molecule has 2 N–H and O–H groups in total. The van der Waals surface area contributed by atoms with Gasteiger partial charge in [-0.3, -0.25) is 9.78 Å². The highest BCUT2D eigenvalue weighted by Crippen LogP contribution is 2.35. The van der Waals surface area contributed by atoms with Gasteiger partial charge in [0.05, 0.1) is 6.20 Å². The molecule has 0 saturated carbocycles. The number of anilines is 1. The molecule has 1 amide bonds. The number of nitrogens with one attached hydrogen (secondary N) is 2. The van der Waals surface area contributed by atoms with E-state index >= 15 is 0 Å². The number of benzene rings is 1. The topological polar surface area (TPSA) is 94.5 Å². The van der Waals surface area contributed by atoms with Crippen LogP contribution in [0.1, 0.15) is 47.6 Å². The average molecular weight is 369 g/mol. The SMILES string of the molecule is N#Cc1cnc(C(=O)Nc2ccc(-c3cccnc3)cc2C2=CCCCC2)[nH]1. The maximum absolute atomic E-state index is 12.6. The zero-order valence-corrected chi connectivity index (χ0v) is 15.3. The number of carbonyl (C=O) groups excluding carboxylic acids is 1. The molecule has 3 aromatic rings. The van der Waals surface area contributed by atoms with Crippen LogP contribution >= 0.6 is 0 Å². The van der Waals surface area contributed by atoms with Crippen LogP contribution in [0.5, 0.6) is 0 Å². The van der Waals surface area contributed by atoms with Crippen LogP contribution in [0, 0.1) is 11.3 Å². The molecule has 1 aromatic carbocycles. The minimum Gasteiger partial charge on any atom is -0.326 e. The number of carbonyl (C=O) groups is 1. The second kappa shape index (κ2) is 7.89. The van der Waals surface area contributed by atoms with Gasteiger partial charge in [0.15, 0.2) is 5.82 Å². The summed E-state index contributed by atoms with van der Waals surface area (Å²) < 4.78 is 0. The van der Waals surface area contributed by atoms with Gasteiger partial charge in [0, 0.05) is 29.2 Å². The number of nitrogens with zero attached hydrogens (tertiary/aromatic N) is 3. The number of allylic oxidation sites excluding steroid dienone is 2. The first-order valence-corrected chi connectivity index (χ1v) is 9.25. The van der Waals surface area contributed by atoms with Crippen molar-refractivity contribution in [1.29, 1.82) is 5.26 Å². The van der Waals surface area contributed by atoms with Crippen LogP contribution in [-0.2, 0) is 0 Å². The average Bonchev–Trinajstić information content (AvgIpc) is 3.25. The molecule has 0 atom stereocenters. The Labute approximate surface area is 163 Å². The highest BCUT2D eigenvalue weighted by atomic mass is 16.2. The first-order valence-electron chi connectivity index (χ1n) is 9.25. The predicted octanol–water partition coefficient (Wildman–Crippen LogP) is 4.55. The van der Waals surface area contributed by atoms with Gasteiger partial charge in [0.25, 0.3) is 5.91 Å². The van der Waals surface area contributed by atoms with Crippen molar-refractivity contribution in [3.63, 3.8) is 0 Å². The van der Waals surface area contributed by atoms with Gasteiger partial charge in [0.2, 0.25) is 0 Å². The van der Waals surface area contributed by atoms with E-state index in [4.69, 9.17) is 5.26 Å². The zero-order chi connectivity index (χ0) is 19.3. The maximum atomic E-state index is 12.6. The lowest BCUT2D eigenvalue weighted by molar-refractivity contribution is 0.101. The summed E-state index contributed by atoms with van der Waals surface area (Å²) >= 11 is 0. The molecule has 2 aromatic heterocycles. The van der Waals surface area contributed by atoms with Gasteiger partial charge in [-0.25, -0.2) is 4.98 Å². The second-order valence-electron chi connectivity index (χ2n) is 6.69. The van der Waals surface area contributed by atoms with Crippen molar-refractivity contribution in [3.05, 3.63) is 72.1 Å². The van der Waals surface area contributed by atoms with Crippen molar-refractivity contribution in [3.8, 4) is 17.2 Å². The molecule has 28 heavy (non-hydrogen) atoms. The standard InChI is InChI=1S/C22H19N5O/c23-12-18-14-25-21(26-18)22(28)27-20-9-8-16(17-7-4-10-24-13-17)11-19(20)15-5-2-1-3-6-15/h4-5,7-11,13-14H,1-3,6H2,(H,25,26)(H,27,28). The Morgan fingerprint density at radius 3 is 2.82 bits per heavy atom. The molecule has 0 saturated heterocycles. The fraction of sp³-hybridized carbons (Fsp3) is 0.182. The molecule has 1 aliphatic rings. The third-order valence-corrected chi connectivity index (χ3v) is 4.81. The highest BCUT2D eigenvalue weighted by molar-refractivity contribution is 6.03. The fourth-order valence-corrected chi connectivity index (χ4v) is 3.39. The van der Waals surface area contributed by atoms with Gasteiger partial charge < -0.3 is 10.3 Å². The summed E-state index contributed by atoms with van der Waals surface area (Å²) in [5.41, 5.74) is 5.33. The van der Waals surface area contributed by atoms with Crippen LogP contribution in [0.15, 0.2) is 55.0 Å². The van der Waals surface area contributed by atoms with Crippen molar-refractivity contribution < 1.29 is 4.79 Å². The molecule has 2 heterocycles. The maximum Gasteiger partial charge on any atom is 0.291 e. The smallest absolute Gasteiger partial charge is 0.291 e. The summed E-state index contributed by atoms with van der Waals surface area (Å²) in [6.45, 7) is 0. The van der Waals surface area contributed by atoms with E-state index < -0.39 is 0 Å². The minimum absolute atomic E-state index is 0.122. The molecular weight excluding hydrogens is 350 g/mol. The Hall–Kier alpha value is -3.72. The molecule has 4 rings (SSSR count). The molecule has 6 nitrogen and oxygen atoms in total. The van der Waals surface area contributed by atoms with Crippen molar-refractivity contribution >= 4 is 17.2 Å². The number of aromatic amines is 1. The monoisotopic (exact) mass is 369 g/mol. The number of hydrogen-bond acceptors (Lipinski definition) is 4. The molecule has 0 spiro atoms. The van der Waals surface area contributed by atoms with Gasteiger partial charge in [-0.2, -0.15) is 5.26 Å². The largest absolute Gasteiger partial charge is 0.326 e. The number of amides is 1. The number of H-pyrrole nitrogens is 1. The van der Waals surface area contributed by atoms with Crippen molar-refractivity contribution in [1.82, 2.24) is 15.0 Å². The lowest BCUT2D eigenvalue weighted by atomic mass is 9.90. The molecule has 0 radical (unpaired) electrons. The molecule has 0 aliphatic heterocycles. The Balaban J connectivity index is 1.70. The van der Waals surface area contributed by atoms with Crippen LogP contribution in [0.4, 0.5) is 5.69 Å². The number of pyridine rings is 1. The van der Waals surface area contributed by atoms with E-state index in [2.05, 4.69) is 32.4 Å². The van der Waals surface area contributed by atoms with Crippen LogP contribution < -0.4 is 5.32 Å². The highest BCUT2D eigenvalue weighted by Gasteiger charge is 2.16. The predicted molar refractivity (Wildman–Crippen MR) is 107 cm³/mol. The van der Waals surface area contributed by atoms with E-state index in [1.165, 1.54) is 18.2 Å². The molecule has 138 valence electrons. The summed E-state index contributed by atoms with van der Waals surface area (Å²) in [6.07, 6.45) is 11.5. The normalized spacial score (nSPS) is 13.5.